The topological polar surface area (TPSA) is 49.3 Å². The van der Waals surface area contributed by atoms with Crippen molar-refractivity contribution in [2.45, 2.75) is 32.7 Å². The second-order valence-electron chi connectivity index (χ2n) is 4.08. The number of aryl methyl sites for hydroxylation is 1. The van der Waals surface area contributed by atoms with E-state index in [2.05, 4.69) is 5.32 Å². The molecule has 1 aromatic carbocycles. The van der Waals surface area contributed by atoms with E-state index in [4.69, 9.17) is 5.11 Å². The molecule has 0 heterocycles. The minimum absolute atomic E-state index is 0.323. The van der Waals surface area contributed by atoms with Crippen molar-refractivity contribution >= 4 is 11.7 Å². The van der Waals surface area contributed by atoms with E-state index >= 15 is 0 Å². The molecular formula is C12H16FNO2. The van der Waals surface area contributed by atoms with Gasteiger partial charge in [-0.2, -0.15) is 0 Å². The fourth-order valence-corrected chi connectivity index (χ4v) is 1.36. The van der Waals surface area contributed by atoms with Gasteiger partial charge in [-0.05, 0) is 44.0 Å². The molecule has 1 rings (SSSR count). The molecule has 0 aliphatic carbocycles. The Bertz CT molecular complexity index is 406. The van der Waals surface area contributed by atoms with E-state index in [9.17, 15) is 9.18 Å². The quantitative estimate of drug-likeness (QED) is 0.828. The number of carboxylic acids is 1. The molecule has 0 aliphatic rings. The van der Waals surface area contributed by atoms with Crippen LogP contribution in [-0.4, -0.2) is 16.6 Å². The molecule has 0 saturated heterocycles. The van der Waals surface area contributed by atoms with Crippen LogP contribution in [0.1, 0.15) is 25.8 Å². The van der Waals surface area contributed by atoms with E-state index in [-0.39, 0.29) is 5.82 Å². The van der Waals surface area contributed by atoms with Gasteiger partial charge in [0, 0.05) is 5.69 Å². The monoisotopic (exact) mass is 225 g/mol. The second kappa shape index (κ2) is 4.51. The number of hydrogen-bond acceptors (Lipinski definition) is 2. The third kappa shape index (κ3) is 2.51. The second-order valence-corrected chi connectivity index (χ2v) is 4.08. The van der Waals surface area contributed by atoms with Gasteiger partial charge in [-0.3, -0.25) is 0 Å². The number of nitrogens with one attached hydrogen (secondary N) is 1. The number of hydrogen-bond donors (Lipinski definition) is 2. The predicted octanol–water partition coefficient (Wildman–Crippen LogP) is 2.80. The van der Waals surface area contributed by atoms with Crippen LogP contribution in [0, 0.1) is 12.7 Å². The molecule has 0 amide bonds. The molecule has 0 bridgehead atoms. The molecule has 0 aromatic heterocycles. The van der Waals surface area contributed by atoms with Gasteiger partial charge in [0.05, 0.1) is 0 Å². The summed E-state index contributed by atoms with van der Waals surface area (Å²) in [6, 6.07) is 4.25. The van der Waals surface area contributed by atoms with Gasteiger partial charge >= 0.3 is 5.97 Å². The summed E-state index contributed by atoms with van der Waals surface area (Å²) in [6.45, 7) is 5.14. The highest BCUT2D eigenvalue weighted by Gasteiger charge is 2.31. The van der Waals surface area contributed by atoms with Gasteiger partial charge in [0.1, 0.15) is 11.4 Å². The highest BCUT2D eigenvalue weighted by Crippen LogP contribution is 2.22. The van der Waals surface area contributed by atoms with Crippen LogP contribution in [0.15, 0.2) is 18.2 Å². The zero-order valence-corrected chi connectivity index (χ0v) is 9.67. The van der Waals surface area contributed by atoms with Crippen LogP contribution in [0.4, 0.5) is 10.1 Å². The number of benzene rings is 1. The molecule has 0 fully saturated rings. The lowest BCUT2D eigenvalue weighted by molar-refractivity contribution is -0.141. The average Bonchev–Trinajstić information content (AvgIpc) is 2.22. The smallest absolute Gasteiger partial charge is 0.329 e. The molecule has 0 radical (unpaired) electrons. The lowest BCUT2D eigenvalue weighted by Crippen LogP contribution is -2.42. The van der Waals surface area contributed by atoms with Crippen molar-refractivity contribution in [1.29, 1.82) is 0 Å². The van der Waals surface area contributed by atoms with Crippen LogP contribution in [0.3, 0.4) is 0 Å². The minimum atomic E-state index is -1.03. The number of anilines is 1. The number of halogens is 1. The first kappa shape index (κ1) is 12.5. The Morgan fingerprint density at radius 3 is 2.62 bits per heavy atom. The van der Waals surface area contributed by atoms with E-state index in [0.717, 1.165) is 0 Å². The average molecular weight is 225 g/mol. The zero-order chi connectivity index (χ0) is 12.3. The summed E-state index contributed by atoms with van der Waals surface area (Å²) in [7, 11) is 0. The summed E-state index contributed by atoms with van der Waals surface area (Å²) in [6.07, 6.45) is 0.444. The van der Waals surface area contributed by atoms with Gasteiger partial charge in [0.15, 0.2) is 0 Å². The Balaban J connectivity index is 2.99. The maximum atomic E-state index is 12.9. The van der Waals surface area contributed by atoms with Gasteiger partial charge in [-0.1, -0.05) is 6.92 Å². The van der Waals surface area contributed by atoms with Crippen molar-refractivity contribution < 1.29 is 14.3 Å². The van der Waals surface area contributed by atoms with E-state index in [1.165, 1.54) is 12.1 Å². The molecule has 1 aromatic rings. The van der Waals surface area contributed by atoms with Crippen LogP contribution in [0.2, 0.25) is 0 Å². The van der Waals surface area contributed by atoms with Crippen molar-refractivity contribution in [3.63, 3.8) is 0 Å². The number of carbonyl (C=O) groups is 1. The maximum absolute atomic E-state index is 12.9. The van der Waals surface area contributed by atoms with E-state index in [1.54, 1.807) is 26.8 Å². The van der Waals surface area contributed by atoms with Crippen LogP contribution in [0.5, 0.6) is 0 Å². The van der Waals surface area contributed by atoms with Gasteiger partial charge < -0.3 is 10.4 Å². The Hall–Kier alpha value is -1.58. The van der Waals surface area contributed by atoms with Crippen molar-refractivity contribution in [1.82, 2.24) is 0 Å². The van der Waals surface area contributed by atoms with Crippen molar-refractivity contribution in [3.8, 4) is 0 Å². The molecule has 0 saturated carbocycles. The fourth-order valence-electron chi connectivity index (χ4n) is 1.36. The van der Waals surface area contributed by atoms with Crippen molar-refractivity contribution in [2.75, 3.05) is 5.32 Å². The highest BCUT2D eigenvalue weighted by atomic mass is 19.1. The maximum Gasteiger partial charge on any atom is 0.329 e. The molecular weight excluding hydrogens is 209 g/mol. The lowest BCUT2D eigenvalue weighted by Gasteiger charge is -2.26. The molecule has 88 valence electrons. The Labute approximate surface area is 94.3 Å². The first-order valence-electron chi connectivity index (χ1n) is 5.17. The van der Waals surface area contributed by atoms with Crippen LogP contribution in [0.25, 0.3) is 0 Å². The first-order valence-corrected chi connectivity index (χ1v) is 5.17. The standard InChI is InChI=1S/C12H16FNO2/c1-4-12(3,11(15)16)14-10-6-5-9(13)7-8(10)2/h5-7,14H,4H2,1-3H3,(H,15,16). The molecule has 0 aliphatic heterocycles. The normalized spacial score (nSPS) is 14.2. The summed E-state index contributed by atoms with van der Waals surface area (Å²) in [4.78, 5) is 11.1. The van der Waals surface area contributed by atoms with E-state index < -0.39 is 11.5 Å². The van der Waals surface area contributed by atoms with Gasteiger partial charge in [0.25, 0.3) is 0 Å². The summed E-state index contributed by atoms with van der Waals surface area (Å²) < 4.78 is 12.9. The number of aliphatic carboxylic acids is 1. The van der Waals surface area contributed by atoms with E-state index in [1.807, 2.05) is 0 Å². The highest BCUT2D eigenvalue weighted by molar-refractivity contribution is 5.82. The summed E-state index contributed by atoms with van der Waals surface area (Å²) in [5.41, 5.74) is 0.317. The molecule has 1 atom stereocenters. The molecule has 4 heteroatoms. The van der Waals surface area contributed by atoms with Crippen molar-refractivity contribution in [3.05, 3.63) is 29.6 Å². The summed E-state index contributed by atoms with van der Waals surface area (Å²) in [5, 5.41) is 12.0. The lowest BCUT2D eigenvalue weighted by atomic mass is 9.98. The Kier molecular flexibility index (Phi) is 3.52. The van der Waals surface area contributed by atoms with Gasteiger partial charge in [0.2, 0.25) is 0 Å². The molecule has 2 N–H and O–H groups in total. The molecule has 0 spiro atoms. The van der Waals surface area contributed by atoms with Crippen LogP contribution >= 0.6 is 0 Å². The zero-order valence-electron chi connectivity index (χ0n) is 9.67. The fraction of sp³-hybridized carbons (Fsp3) is 0.417. The first-order chi connectivity index (χ1) is 7.39. The van der Waals surface area contributed by atoms with E-state index in [0.29, 0.717) is 17.7 Å². The number of carboxylic acid groups (broad SMARTS) is 1. The third-order valence-corrected chi connectivity index (χ3v) is 2.78. The number of rotatable bonds is 4. The van der Waals surface area contributed by atoms with Crippen LogP contribution < -0.4 is 5.32 Å². The minimum Gasteiger partial charge on any atom is -0.480 e. The molecule has 3 nitrogen and oxygen atoms in total. The molecule has 1 unspecified atom stereocenters. The SMILES string of the molecule is CCC(C)(Nc1ccc(F)cc1C)C(=O)O. The van der Waals surface area contributed by atoms with Gasteiger partial charge in [-0.25, -0.2) is 9.18 Å². The summed E-state index contributed by atoms with van der Waals surface area (Å²) >= 11 is 0. The molecule has 16 heavy (non-hydrogen) atoms. The Morgan fingerprint density at radius 2 is 2.19 bits per heavy atom. The summed E-state index contributed by atoms with van der Waals surface area (Å²) in [5.74, 6) is -1.24. The third-order valence-electron chi connectivity index (χ3n) is 2.78. The van der Waals surface area contributed by atoms with Crippen LogP contribution in [-0.2, 0) is 4.79 Å². The van der Waals surface area contributed by atoms with Gasteiger partial charge in [-0.15, -0.1) is 0 Å². The largest absolute Gasteiger partial charge is 0.480 e. The Morgan fingerprint density at radius 1 is 1.56 bits per heavy atom. The van der Waals surface area contributed by atoms with Crippen molar-refractivity contribution in [2.24, 2.45) is 0 Å². The predicted molar refractivity (Wildman–Crippen MR) is 61.1 cm³/mol.